The first-order chi connectivity index (χ1) is 9.31. The first-order valence-electron chi connectivity index (χ1n) is 5.87. The van der Waals surface area contributed by atoms with E-state index in [9.17, 15) is 13.2 Å². The van der Waals surface area contributed by atoms with Crippen LogP contribution in [0.1, 0.15) is 17.3 Å². The highest BCUT2D eigenvalue weighted by atomic mass is 32.2. The number of aliphatic hydroxyl groups is 1. The third kappa shape index (κ3) is 4.20. The van der Waals surface area contributed by atoms with Crippen molar-refractivity contribution in [3.63, 3.8) is 0 Å². The Labute approximate surface area is 122 Å². The van der Waals surface area contributed by atoms with Crippen LogP contribution in [-0.4, -0.2) is 43.6 Å². The first kappa shape index (κ1) is 17.0. The summed E-state index contributed by atoms with van der Waals surface area (Å²) in [6.07, 6.45) is 1.80. The van der Waals surface area contributed by atoms with Crippen LogP contribution in [0.4, 0.5) is 0 Å². The Balaban J connectivity index is 2.91. The van der Waals surface area contributed by atoms with Crippen molar-refractivity contribution in [3.8, 4) is 0 Å². The molecule has 2 unspecified atom stereocenters. The lowest BCUT2D eigenvalue weighted by Gasteiger charge is -2.21. The van der Waals surface area contributed by atoms with E-state index in [1.54, 1.807) is 13.2 Å². The maximum absolute atomic E-state index is 12.1. The van der Waals surface area contributed by atoms with Crippen molar-refractivity contribution in [2.75, 3.05) is 12.9 Å². The SMILES string of the molecule is CSC(CO)C(C)NS(=O)(=O)c1ccc(C(N)=O)cc1. The Kier molecular flexibility index (Phi) is 6.00. The average Bonchev–Trinajstić information content (AvgIpc) is 2.39. The zero-order chi connectivity index (χ0) is 15.3. The number of benzene rings is 1. The van der Waals surface area contributed by atoms with Crippen LogP contribution < -0.4 is 10.5 Å². The van der Waals surface area contributed by atoms with Crippen molar-refractivity contribution in [2.45, 2.75) is 23.1 Å². The molecule has 0 aliphatic rings. The van der Waals surface area contributed by atoms with Crippen molar-refractivity contribution in [3.05, 3.63) is 29.8 Å². The monoisotopic (exact) mass is 318 g/mol. The molecule has 1 rings (SSSR count). The van der Waals surface area contributed by atoms with E-state index in [0.717, 1.165) is 0 Å². The molecule has 0 spiro atoms. The van der Waals surface area contributed by atoms with Gasteiger partial charge in [-0.25, -0.2) is 13.1 Å². The molecule has 4 N–H and O–H groups in total. The predicted molar refractivity (Wildman–Crippen MR) is 79.1 cm³/mol. The van der Waals surface area contributed by atoms with Gasteiger partial charge in [-0.1, -0.05) is 0 Å². The van der Waals surface area contributed by atoms with Crippen LogP contribution in [0.5, 0.6) is 0 Å². The molecule has 112 valence electrons. The fraction of sp³-hybridized carbons (Fsp3) is 0.417. The largest absolute Gasteiger partial charge is 0.395 e. The minimum absolute atomic E-state index is 0.0483. The quantitative estimate of drug-likeness (QED) is 0.664. The van der Waals surface area contributed by atoms with Gasteiger partial charge in [0.25, 0.3) is 0 Å². The lowest BCUT2D eigenvalue weighted by atomic mass is 10.2. The molecule has 0 saturated heterocycles. The van der Waals surface area contributed by atoms with Gasteiger partial charge in [0.2, 0.25) is 15.9 Å². The number of thioether (sulfide) groups is 1. The molecule has 0 radical (unpaired) electrons. The van der Waals surface area contributed by atoms with E-state index < -0.39 is 22.0 Å². The van der Waals surface area contributed by atoms with Gasteiger partial charge in [0, 0.05) is 16.9 Å². The number of carbonyl (C=O) groups is 1. The summed E-state index contributed by atoms with van der Waals surface area (Å²) in [6.45, 7) is 1.57. The molecule has 0 fully saturated rings. The van der Waals surface area contributed by atoms with Crippen LogP contribution in [0.3, 0.4) is 0 Å². The molecular formula is C12H18N2O4S2. The predicted octanol–water partition coefficient (Wildman–Crippen LogP) is 0.176. The van der Waals surface area contributed by atoms with Crippen molar-refractivity contribution < 1.29 is 18.3 Å². The van der Waals surface area contributed by atoms with Gasteiger partial charge in [-0.05, 0) is 37.4 Å². The number of carbonyl (C=O) groups excluding carboxylic acids is 1. The molecule has 0 saturated carbocycles. The highest BCUT2D eigenvalue weighted by Gasteiger charge is 2.22. The summed E-state index contributed by atoms with van der Waals surface area (Å²) in [5.74, 6) is -0.613. The highest BCUT2D eigenvalue weighted by molar-refractivity contribution is 7.99. The Bertz CT molecular complexity index is 553. The molecule has 8 heteroatoms. The van der Waals surface area contributed by atoms with Gasteiger partial charge >= 0.3 is 0 Å². The summed E-state index contributed by atoms with van der Waals surface area (Å²) in [6, 6.07) is 4.94. The number of hydrogen-bond acceptors (Lipinski definition) is 5. The number of aliphatic hydroxyl groups excluding tert-OH is 1. The van der Waals surface area contributed by atoms with E-state index in [1.807, 2.05) is 0 Å². The Hall–Kier alpha value is -1.09. The minimum Gasteiger partial charge on any atom is -0.395 e. The van der Waals surface area contributed by atoms with Crippen LogP contribution in [0.2, 0.25) is 0 Å². The van der Waals surface area contributed by atoms with E-state index in [2.05, 4.69) is 4.72 Å². The van der Waals surface area contributed by atoms with Crippen molar-refractivity contribution >= 4 is 27.7 Å². The molecule has 0 heterocycles. The summed E-state index contributed by atoms with van der Waals surface area (Å²) in [4.78, 5) is 11.0. The standard InChI is InChI=1S/C12H18N2O4S2/c1-8(11(7-15)19-2)14-20(17,18)10-5-3-9(4-6-10)12(13)16/h3-6,8,11,14-15H,7H2,1-2H3,(H2,13,16). The second kappa shape index (κ2) is 7.07. The number of hydrogen-bond donors (Lipinski definition) is 3. The first-order valence-corrected chi connectivity index (χ1v) is 8.64. The molecule has 2 atom stereocenters. The normalized spacial score (nSPS) is 14.8. The van der Waals surface area contributed by atoms with Gasteiger partial charge in [0.1, 0.15) is 0 Å². The third-order valence-corrected chi connectivity index (χ3v) is 5.57. The summed E-state index contributed by atoms with van der Waals surface area (Å²) in [5.41, 5.74) is 5.34. The van der Waals surface area contributed by atoms with Crippen molar-refractivity contribution in [2.24, 2.45) is 5.73 Å². The van der Waals surface area contributed by atoms with Crippen LogP contribution >= 0.6 is 11.8 Å². The van der Waals surface area contributed by atoms with E-state index in [1.165, 1.54) is 36.0 Å². The molecule has 1 amide bonds. The highest BCUT2D eigenvalue weighted by Crippen LogP contribution is 2.15. The number of primary amides is 1. The smallest absolute Gasteiger partial charge is 0.248 e. The maximum atomic E-state index is 12.1. The maximum Gasteiger partial charge on any atom is 0.248 e. The lowest BCUT2D eigenvalue weighted by molar-refractivity contribution is 0.1000. The van der Waals surface area contributed by atoms with Gasteiger partial charge in [-0.3, -0.25) is 4.79 Å². The van der Waals surface area contributed by atoms with Crippen LogP contribution in [-0.2, 0) is 10.0 Å². The summed E-state index contributed by atoms with van der Waals surface area (Å²) >= 11 is 1.38. The van der Waals surface area contributed by atoms with Gasteiger partial charge in [0.15, 0.2) is 0 Å². The zero-order valence-electron chi connectivity index (χ0n) is 11.2. The fourth-order valence-corrected chi connectivity index (χ4v) is 3.62. The molecule has 1 aromatic carbocycles. The molecule has 6 nitrogen and oxygen atoms in total. The molecule has 0 aliphatic heterocycles. The van der Waals surface area contributed by atoms with E-state index >= 15 is 0 Å². The van der Waals surface area contributed by atoms with Crippen LogP contribution in [0.25, 0.3) is 0 Å². The van der Waals surface area contributed by atoms with Gasteiger partial charge in [-0.2, -0.15) is 11.8 Å². The fourth-order valence-electron chi connectivity index (χ4n) is 1.62. The zero-order valence-corrected chi connectivity index (χ0v) is 12.9. The molecular weight excluding hydrogens is 300 g/mol. The number of sulfonamides is 1. The van der Waals surface area contributed by atoms with Crippen LogP contribution in [0, 0.1) is 0 Å². The third-order valence-electron chi connectivity index (χ3n) is 2.83. The molecule has 0 aliphatic carbocycles. The van der Waals surface area contributed by atoms with E-state index in [-0.39, 0.29) is 22.3 Å². The van der Waals surface area contributed by atoms with Gasteiger partial charge < -0.3 is 10.8 Å². The summed E-state index contributed by atoms with van der Waals surface area (Å²) in [7, 11) is -3.69. The summed E-state index contributed by atoms with van der Waals surface area (Å²) in [5, 5.41) is 8.93. The number of nitrogens with one attached hydrogen (secondary N) is 1. The van der Waals surface area contributed by atoms with Gasteiger partial charge in [-0.15, -0.1) is 0 Å². The van der Waals surface area contributed by atoms with Crippen molar-refractivity contribution in [1.29, 1.82) is 0 Å². The minimum atomic E-state index is -3.69. The van der Waals surface area contributed by atoms with E-state index in [0.29, 0.717) is 0 Å². The van der Waals surface area contributed by atoms with Crippen molar-refractivity contribution in [1.82, 2.24) is 4.72 Å². The second-order valence-electron chi connectivity index (χ2n) is 4.26. The van der Waals surface area contributed by atoms with Crippen LogP contribution in [0.15, 0.2) is 29.2 Å². The topological polar surface area (TPSA) is 109 Å². The lowest BCUT2D eigenvalue weighted by Crippen LogP contribution is -2.41. The summed E-state index contributed by atoms with van der Waals surface area (Å²) < 4.78 is 26.8. The average molecular weight is 318 g/mol. The molecule has 0 bridgehead atoms. The molecule has 20 heavy (non-hydrogen) atoms. The number of amides is 1. The number of nitrogens with two attached hydrogens (primary N) is 1. The Morgan fingerprint density at radius 1 is 1.40 bits per heavy atom. The Morgan fingerprint density at radius 3 is 2.35 bits per heavy atom. The molecule has 0 aromatic heterocycles. The Morgan fingerprint density at radius 2 is 1.95 bits per heavy atom. The van der Waals surface area contributed by atoms with Gasteiger partial charge in [0.05, 0.1) is 11.5 Å². The van der Waals surface area contributed by atoms with E-state index in [4.69, 9.17) is 10.8 Å². The second-order valence-corrected chi connectivity index (χ2v) is 7.05. The number of rotatable bonds is 7. The molecule has 1 aromatic rings.